The van der Waals surface area contributed by atoms with Gasteiger partial charge in [-0.25, -0.2) is 4.79 Å². The number of benzene rings is 3. The molecule has 3 amide bonds. The Labute approximate surface area is 170 Å². The van der Waals surface area contributed by atoms with Crippen molar-refractivity contribution in [1.82, 2.24) is 10.6 Å². The molecule has 1 saturated heterocycles. The standard InChI is InChI=1S/C21H14Cl2N2O3/c22-16-8-12(10-18-20(26)25-21(27)24-18)9-17(23)19(16)28-11-14-6-3-5-13-4-1-2-7-15(13)14/h1-10H,11H2,(H2,24,25,26,27)/b18-10+. The minimum absolute atomic E-state index is 0.126. The number of halogens is 2. The third-order valence-electron chi connectivity index (χ3n) is 4.30. The number of fused-ring (bicyclic) bond motifs is 1. The van der Waals surface area contributed by atoms with E-state index in [1.54, 1.807) is 12.1 Å². The maximum atomic E-state index is 11.6. The molecule has 5 nitrogen and oxygen atoms in total. The van der Waals surface area contributed by atoms with Gasteiger partial charge in [-0.3, -0.25) is 10.1 Å². The van der Waals surface area contributed by atoms with Gasteiger partial charge in [0.1, 0.15) is 12.3 Å². The number of imide groups is 1. The van der Waals surface area contributed by atoms with Crippen molar-refractivity contribution in [3.63, 3.8) is 0 Å². The predicted octanol–water partition coefficient (Wildman–Crippen LogP) is 4.91. The lowest BCUT2D eigenvalue weighted by Gasteiger charge is -2.12. The van der Waals surface area contributed by atoms with Gasteiger partial charge < -0.3 is 10.1 Å². The summed E-state index contributed by atoms with van der Waals surface area (Å²) >= 11 is 12.7. The number of ether oxygens (including phenoxy) is 1. The highest BCUT2D eigenvalue weighted by molar-refractivity contribution is 6.37. The Morgan fingerprint density at radius 2 is 1.64 bits per heavy atom. The van der Waals surface area contributed by atoms with Gasteiger partial charge in [0.15, 0.2) is 5.75 Å². The van der Waals surface area contributed by atoms with E-state index >= 15 is 0 Å². The summed E-state index contributed by atoms with van der Waals surface area (Å²) in [6.07, 6.45) is 1.49. The van der Waals surface area contributed by atoms with E-state index in [0.717, 1.165) is 16.3 Å². The summed E-state index contributed by atoms with van der Waals surface area (Å²) < 4.78 is 5.89. The van der Waals surface area contributed by atoms with Crippen LogP contribution in [-0.2, 0) is 11.4 Å². The zero-order valence-corrected chi connectivity index (χ0v) is 16.0. The molecule has 1 aliphatic heterocycles. The molecule has 0 atom stereocenters. The first-order chi connectivity index (χ1) is 13.5. The Bertz CT molecular complexity index is 1110. The summed E-state index contributed by atoms with van der Waals surface area (Å²) in [4.78, 5) is 22.8. The zero-order valence-electron chi connectivity index (χ0n) is 14.5. The molecule has 4 rings (SSSR count). The third-order valence-corrected chi connectivity index (χ3v) is 4.86. The molecule has 0 unspecified atom stereocenters. The molecule has 1 heterocycles. The van der Waals surface area contributed by atoms with Gasteiger partial charge >= 0.3 is 6.03 Å². The summed E-state index contributed by atoms with van der Waals surface area (Å²) in [6.45, 7) is 0.305. The maximum Gasteiger partial charge on any atom is 0.326 e. The van der Waals surface area contributed by atoms with E-state index in [0.29, 0.717) is 28.0 Å². The second-order valence-electron chi connectivity index (χ2n) is 6.21. The van der Waals surface area contributed by atoms with Crippen molar-refractivity contribution in [2.75, 3.05) is 0 Å². The van der Waals surface area contributed by atoms with E-state index in [2.05, 4.69) is 10.6 Å². The SMILES string of the molecule is O=C1NC(=O)/C(=C\c2cc(Cl)c(OCc3cccc4ccccc34)c(Cl)c2)N1. The molecule has 1 fully saturated rings. The lowest BCUT2D eigenvalue weighted by Crippen LogP contribution is -2.22. The fourth-order valence-electron chi connectivity index (χ4n) is 3.02. The van der Waals surface area contributed by atoms with Gasteiger partial charge in [0, 0.05) is 0 Å². The van der Waals surface area contributed by atoms with Crippen LogP contribution in [-0.4, -0.2) is 11.9 Å². The van der Waals surface area contributed by atoms with E-state index in [9.17, 15) is 9.59 Å². The average molecular weight is 413 g/mol. The molecule has 7 heteroatoms. The van der Waals surface area contributed by atoms with Crippen LogP contribution in [0.5, 0.6) is 5.75 Å². The molecule has 140 valence electrons. The molecule has 0 bridgehead atoms. The number of hydrogen-bond donors (Lipinski definition) is 2. The van der Waals surface area contributed by atoms with Crippen molar-refractivity contribution in [1.29, 1.82) is 0 Å². The molecular formula is C21H14Cl2N2O3. The van der Waals surface area contributed by atoms with Crippen LogP contribution in [0.4, 0.5) is 4.79 Å². The number of carbonyl (C=O) groups excluding carboxylic acids is 2. The van der Waals surface area contributed by atoms with Gasteiger partial charge in [-0.1, -0.05) is 65.7 Å². The summed E-state index contributed by atoms with van der Waals surface area (Å²) in [7, 11) is 0. The predicted molar refractivity (Wildman–Crippen MR) is 109 cm³/mol. The zero-order chi connectivity index (χ0) is 19.7. The van der Waals surface area contributed by atoms with E-state index < -0.39 is 11.9 Å². The van der Waals surface area contributed by atoms with Crippen molar-refractivity contribution >= 4 is 52.0 Å². The Hall–Kier alpha value is -3.02. The Morgan fingerprint density at radius 1 is 0.929 bits per heavy atom. The van der Waals surface area contributed by atoms with Crippen molar-refractivity contribution in [3.8, 4) is 5.75 Å². The van der Waals surface area contributed by atoms with Crippen LogP contribution in [0.15, 0.2) is 60.3 Å². The molecule has 0 aliphatic carbocycles. The molecule has 0 radical (unpaired) electrons. The number of urea groups is 1. The first-order valence-corrected chi connectivity index (χ1v) is 9.19. The molecule has 28 heavy (non-hydrogen) atoms. The van der Waals surface area contributed by atoms with E-state index in [1.807, 2.05) is 42.5 Å². The second-order valence-corrected chi connectivity index (χ2v) is 7.02. The number of nitrogens with one attached hydrogen (secondary N) is 2. The minimum atomic E-state index is -0.566. The first kappa shape index (κ1) is 18.3. The monoisotopic (exact) mass is 412 g/mol. The van der Waals surface area contributed by atoms with Crippen molar-refractivity contribution in [2.24, 2.45) is 0 Å². The lowest BCUT2D eigenvalue weighted by molar-refractivity contribution is -0.115. The van der Waals surface area contributed by atoms with E-state index in [-0.39, 0.29) is 5.70 Å². The Kier molecular flexibility index (Phi) is 4.94. The van der Waals surface area contributed by atoms with Crippen LogP contribution in [0.3, 0.4) is 0 Å². The summed E-state index contributed by atoms with van der Waals surface area (Å²) in [5.41, 5.74) is 1.71. The number of rotatable bonds is 4. The normalized spacial score (nSPS) is 15.0. The molecule has 2 N–H and O–H groups in total. The second kappa shape index (κ2) is 7.54. The van der Waals surface area contributed by atoms with Crippen molar-refractivity contribution < 1.29 is 14.3 Å². The molecule has 0 aromatic heterocycles. The van der Waals surface area contributed by atoms with Crippen LogP contribution < -0.4 is 15.4 Å². The molecule has 3 aromatic rings. The quantitative estimate of drug-likeness (QED) is 0.472. The Balaban J connectivity index is 1.58. The molecular weight excluding hydrogens is 399 g/mol. The van der Waals surface area contributed by atoms with Crippen molar-refractivity contribution in [3.05, 3.63) is 81.5 Å². The summed E-state index contributed by atoms with van der Waals surface area (Å²) in [5, 5.41) is 7.39. The number of hydrogen-bond acceptors (Lipinski definition) is 3. The molecule has 0 spiro atoms. The van der Waals surface area contributed by atoms with E-state index in [4.69, 9.17) is 27.9 Å². The van der Waals surface area contributed by atoms with Crippen LogP contribution in [0.1, 0.15) is 11.1 Å². The molecule has 3 aromatic carbocycles. The van der Waals surface area contributed by atoms with Gasteiger partial charge in [-0.05, 0) is 40.1 Å². The lowest BCUT2D eigenvalue weighted by atomic mass is 10.1. The maximum absolute atomic E-state index is 11.6. The number of amides is 3. The van der Waals surface area contributed by atoms with Gasteiger partial charge in [-0.2, -0.15) is 0 Å². The number of carbonyl (C=O) groups is 2. The van der Waals surface area contributed by atoms with Crippen molar-refractivity contribution in [2.45, 2.75) is 6.61 Å². The largest absolute Gasteiger partial charge is 0.486 e. The fraction of sp³-hybridized carbons (Fsp3) is 0.0476. The van der Waals surface area contributed by atoms with Crippen LogP contribution in [0, 0.1) is 0 Å². The summed E-state index contributed by atoms with van der Waals surface area (Å²) in [6, 6.07) is 16.7. The molecule has 0 saturated carbocycles. The third kappa shape index (κ3) is 3.67. The smallest absolute Gasteiger partial charge is 0.326 e. The first-order valence-electron chi connectivity index (χ1n) is 8.44. The minimum Gasteiger partial charge on any atom is -0.486 e. The van der Waals surface area contributed by atoms with E-state index in [1.165, 1.54) is 6.08 Å². The highest BCUT2D eigenvalue weighted by atomic mass is 35.5. The highest BCUT2D eigenvalue weighted by Crippen LogP contribution is 2.36. The fourth-order valence-corrected chi connectivity index (χ4v) is 3.63. The van der Waals surface area contributed by atoms with Crippen LogP contribution >= 0.6 is 23.2 Å². The van der Waals surface area contributed by atoms with Crippen LogP contribution in [0.25, 0.3) is 16.8 Å². The summed E-state index contributed by atoms with van der Waals surface area (Å²) in [5.74, 6) is -0.146. The Morgan fingerprint density at radius 3 is 2.36 bits per heavy atom. The topological polar surface area (TPSA) is 67.4 Å². The highest BCUT2D eigenvalue weighted by Gasteiger charge is 2.23. The van der Waals surface area contributed by atoms with Gasteiger partial charge in [0.25, 0.3) is 5.91 Å². The molecule has 1 aliphatic rings. The van der Waals surface area contributed by atoms with Gasteiger partial charge in [0.2, 0.25) is 0 Å². The van der Waals surface area contributed by atoms with Gasteiger partial charge in [-0.15, -0.1) is 0 Å². The van der Waals surface area contributed by atoms with Crippen LogP contribution in [0.2, 0.25) is 10.0 Å². The average Bonchev–Trinajstić information content (AvgIpc) is 2.98. The van der Waals surface area contributed by atoms with Gasteiger partial charge in [0.05, 0.1) is 10.0 Å².